The van der Waals surface area contributed by atoms with Crippen LogP contribution in [0, 0.1) is 5.92 Å². The van der Waals surface area contributed by atoms with Crippen molar-refractivity contribution in [3.8, 4) is 0 Å². The normalized spacial score (nSPS) is 15.4. The van der Waals surface area contributed by atoms with Gasteiger partial charge in [0.15, 0.2) is 5.78 Å². The van der Waals surface area contributed by atoms with Crippen LogP contribution in [-0.4, -0.2) is 15.6 Å². The van der Waals surface area contributed by atoms with Gasteiger partial charge in [0.25, 0.3) is 0 Å². The lowest BCUT2D eigenvalue weighted by molar-refractivity contribution is 0.0936. The minimum Gasteiger partial charge on any atom is -0.294 e. The molecule has 2 heterocycles. The summed E-state index contributed by atoms with van der Waals surface area (Å²) in [7, 11) is 0. The monoisotopic (exact) mass is 234 g/mol. The molecule has 94 valence electrons. The fraction of sp³-hybridized carbons (Fsp3) is 0.714. The predicted octanol–water partition coefficient (Wildman–Crippen LogP) is 3.18. The van der Waals surface area contributed by atoms with E-state index in [0.717, 1.165) is 24.2 Å². The number of Topliss-reactive ketones (excluding diaryl/α,β-unsaturated/α-hetero) is 1. The molecule has 17 heavy (non-hydrogen) atoms. The van der Waals surface area contributed by atoms with Crippen molar-refractivity contribution in [1.82, 2.24) is 9.78 Å². The summed E-state index contributed by atoms with van der Waals surface area (Å²) in [5.74, 6) is 0.644. The molecule has 0 fully saturated rings. The lowest BCUT2D eigenvalue weighted by atomic mass is 9.92. The van der Waals surface area contributed by atoms with Gasteiger partial charge in [-0.05, 0) is 25.2 Å². The van der Waals surface area contributed by atoms with Crippen molar-refractivity contribution < 1.29 is 4.79 Å². The highest BCUT2D eigenvalue weighted by Crippen LogP contribution is 2.28. The topological polar surface area (TPSA) is 34.9 Å². The van der Waals surface area contributed by atoms with Crippen LogP contribution in [0.1, 0.15) is 68.2 Å². The van der Waals surface area contributed by atoms with Gasteiger partial charge in [0.1, 0.15) is 0 Å². The van der Waals surface area contributed by atoms with Gasteiger partial charge in [-0.1, -0.05) is 27.7 Å². The number of hydrogen-bond donors (Lipinski definition) is 0. The number of ketones is 1. The van der Waals surface area contributed by atoms with E-state index in [4.69, 9.17) is 0 Å². The average Bonchev–Trinajstić information content (AvgIpc) is 2.67. The molecular formula is C14H22N2O. The number of carbonyl (C=O) groups excluding carboxylic acids is 1. The van der Waals surface area contributed by atoms with Gasteiger partial charge in [-0.3, -0.25) is 9.48 Å². The molecule has 0 bridgehead atoms. The molecule has 0 unspecified atom stereocenters. The Morgan fingerprint density at radius 3 is 2.53 bits per heavy atom. The molecule has 0 aliphatic carbocycles. The standard InChI is InChI=1S/C14H22N2O/c1-9(2)13-12(14(17)10(3)4)11-7-5-6-8-16(11)15-13/h9-10H,5-8H2,1-4H3. The number of fused-ring (bicyclic) bond motifs is 1. The van der Waals surface area contributed by atoms with E-state index in [1.807, 2.05) is 13.8 Å². The third kappa shape index (κ3) is 2.15. The predicted molar refractivity (Wildman–Crippen MR) is 68.4 cm³/mol. The Labute approximate surface area is 103 Å². The molecule has 3 heteroatoms. The lowest BCUT2D eigenvalue weighted by Gasteiger charge is -2.15. The summed E-state index contributed by atoms with van der Waals surface area (Å²) in [6, 6.07) is 0. The van der Waals surface area contributed by atoms with E-state index in [-0.39, 0.29) is 11.7 Å². The Balaban J connectivity index is 2.53. The van der Waals surface area contributed by atoms with Gasteiger partial charge in [0.2, 0.25) is 0 Å². The Morgan fingerprint density at radius 2 is 1.94 bits per heavy atom. The molecular weight excluding hydrogens is 212 g/mol. The highest BCUT2D eigenvalue weighted by molar-refractivity contribution is 5.99. The number of rotatable bonds is 3. The van der Waals surface area contributed by atoms with Gasteiger partial charge in [-0.2, -0.15) is 5.10 Å². The van der Waals surface area contributed by atoms with Crippen molar-refractivity contribution in [3.05, 3.63) is 17.0 Å². The van der Waals surface area contributed by atoms with Crippen LogP contribution in [0.2, 0.25) is 0 Å². The summed E-state index contributed by atoms with van der Waals surface area (Å²) in [6.07, 6.45) is 3.37. The number of aromatic nitrogens is 2. The van der Waals surface area contributed by atoms with Crippen molar-refractivity contribution >= 4 is 5.78 Å². The molecule has 0 amide bonds. The van der Waals surface area contributed by atoms with Gasteiger partial charge in [0.05, 0.1) is 11.3 Å². The maximum Gasteiger partial charge on any atom is 0.169 e. The number of hydrogen-bond acceptors (Lipinski definition) is 2. The van der Waals surface area contributed by atoms with Crippen LogP contribution in [0.4, 0.5) is 0 Å². The molecule has 0 atom stereocenters. The van der Waals surface area contributed by atoms with Crippen molar-refractivity contribution in [2.75, 3.05) is 0 Å². The van der Waals surface area contributed by atoms with Crippen molar-refractivity contribution in [2.45, 2.75) is 59.4 Å². The first-order valence-electron chi connectivity index (χ1n) is 6.66. The highest BCUT2D eigenvalue weighted by atomic mass is 16.1. The number of nitrogens with zero attached hydrogens (tertiary/aromatic N) is 2. The van der Waals surface area contributed by atoms with Crippen molar-refractivity contribution in [3.63, 3.8) is 0 Å². The van der Waals surface area contributed by atoms with E-state index in [1.165, 1.54) is 18.5 Å². The van der Waals surface area contributed by atoms with Crippen molar-refractivity contribution in [1.29, 1.82) is 0 Å². The Kier molecular flexibility index (Phi) is 3.36. The second-order valence-corrected chi connectivity index (χ2v) is 5.56. The highest BCUT2D eigenvalue weighted by Gasteiger charge is 2.27. The smallest absolute Gasteiger partial charge is 0.169 e. The van der Waals surface area contributed by atoms with E-state index in [0.29, 0.717) is 5.92 Å². The number of aryl methyl sites for hydroxylation is 1. The minimum absolute atomic E-state index is 0.0586. The van der Waals surface area contributed by atoms with Crippen LogP contribution in [0.25, 0.3) is 0 Å². The molecule has 2 rings (SSSR count). The van der Waals surface area contributed by atoms with Gasteiger partial charge in [-0.25, -0.2) is 0 Å². The van der Waals surface area contributed by atoms with Crippen LogP contribution in [0.3, 0.4) is 0 Å². The minimum atomic E-state index is 0.0586. The maximum absolute atomic E-state index is 12.3. The largest absolute Gasteiger partial charge is 0.294 e. The first-order valence-corrected chi connectivity index (χ1v) is 6.66. The van der Waals surface area contributed by atoms with Crippen LogP contribution < -0.4 is 0 Å². The summed E-state index contributed by atoms with van der Waals surface area (Å²) in [5.41, 5.74) is 3.11. The molecule has 0 saturated heterocycles. The first kappa shape index (κ1) is 12.3. The van der Waals surface area contributed by atoms with Crippen LogP contribution >= 0.6 is 0 Å². The van der Waals surface area contributed by atoms with Crippen LogP contribution in [0.5, 0.6) is 0 Å². The second kappa shape index (κ2) is 4.63. The molecule has 0 aromatic carbocycles. The zero-order chi connectivity index (χ0) is 12.6. The summed E-state index contributed by atoms with van der Waals surface area (Å²) in [5, 5.41) is 4.65. The summed E-state index contributed by atoms with van der Waals surface area (Å²) in [6.45, 7) is 9.15. The van der Waals surface area contributed by atoms with Crippen molar-refractivity contribution in [2.24, 2.45) is 5.92 Å². The summed E-state index contributed by atoms with van der Waals surface area (Å²) in [4.78, 5) is 12.3. The van der Waals surface area contributed by atoms with Crippen LogP contribution in [0.15, 0.2) is 0 Å². The SMILES string of the molecule is CC(C)C(=O)c1c(C(C)C)nn2c1CCCC2. The summed E-state index contributed by atoms with van der Waals surface area (Å²) >= 11 is 0. The van der Waals surface area contributed by atoms with Gasteiger partial charge >= 0.3 is 0 Å². The molecule has 0 saturated carbocycles. The molecule has 1 aliphatic rings. The molecule has 1 aliphatic heterocycles. The Hall–Kier alpha value is -1.12. The second-order valence-electron chi connectivity index (χ2n) is 5.56. The zero-order valence-corrected chi connectivity index (χ0v) is 11.3. The molecule has 0 spiro atoms. The molecule has 0 radical (unpaired) electrons. The Morgan fingerprint density at radius 1 is 1.24 bits per heavy atom. The fourth-order valence-electron chi connectivity index (χ4n) is 2.47. The van der Waals surface area contributed by atoms with E-state index < -0.39 is 0 Å². The zero-order valence-electron chi connectivity index (χ0n) is 11.3. The van der Waals surface area contributed by atoms with E-state index in [1.54, 1.807) is 0 Å². The fourth-order valence-corrected chi connectivity index (χ4v) is 2.47. The molecule has 3 nitrogen and oxygen atoms in total. The van der Waals surface area contributed by atoms with Gasteiger partial charge in [0, 0.05) is 18.2 Å². The first-order chi connectivity index (χ1) is 8.02. The van der Waals surface area contributed by atoms with E-state index in [2.05, 4.69) is 23.6 Å². The quantitative estimate of drug-likeness (QED) is 0.753. The lowest BCUT2D eigenvalue weighted by Crippen LogP contribution is -2.16. The van der Waals surface area contributed by atoms with Crippen LogP contribution in [-0.2, 0) is 13.0 Å². The third-order valence-corrected chi connectivity index (χ3v) is 3.44. The van der Waals surface area contributed by atoms with E-state index in [9.17, 15) is 4.79 Å². The summed E-state index contributed by atoms with van der Waals surface area (Å²) < 4.78 is 2.06. The molecule has 1 aromatic rings. The maximum atomic E-state index is 12.3. The van der Waals surface area contributed by atoms with Gasteiger partial charge < -0.3 is 0 Å². The average molecular weight is 234 g/mol. The number of carbonyl (C=O) groups is 1. The van der Waals surface area contributed by atoms with Gasteiger partial charge in [-0.15, -0.1) is 0 Å². The third-order valence-electron chi connectivity index (χ3n) is 3.44. The molecule has 1 aromatic heterocycles. The van der Waals surface area contributed by atoms with E-state index >= 15 is 0 Å². The molecule has 0 N–H and O–H groups in total. The Bertz CT molecular complexity index is 430.